The quantitative estimate of drug-likeness (QED) is 0.777. The van der Waals surface area contributed by atoms with Gasteiger partial charge >= 0.3 is 5.97 Å². The molecule has 4 heteroatoms. The Balaban J connectivity index is 1.97. The van der Waals surface area contributed by atoms with E-state index in [9.17, 15) is 9.18 Å². The molecule has 1 aromatic carbocycles. The van der Waals surface area contributed by atoms with Crippen LogP contribution < -0.4 is 0 Å². The predicted molar refractivity (Wildman–Crippen MR) is 64.6 cm³/mol. The summed E-state index contributed by atoms with van der Waals surface area (Å²) in [6, 6.07) is 11.9. The normalized spacial score (nSPS) is 10.1. The molecule has 0 saturated heterocycles. The minimum Gasteiger partial charge on any atom is -0.456 e. The van der Waals surface area contributed by atoms with E-state index in [1.807, 2.05) is 0 Å². The molecule has 0 aliphatic carbocycles. The van der Waals surface area contributed by atoms with Crippen molar-refractivity contribution in [2.24, 2.45) is 0 Å². The Labute approximate surface area is 104 Å². The number of nitrogens with zero attached hydrogens (tertiary/aromatic N) is 1. The van der Waals surface area contributed by atoms with Crippen molar-refractivity contribution in [2.45, 2.75) is 13.3 Å². The van der Waals surface area contributed by atoms with E-state index in [1.165, 1.54) is 6.20 Å². The maximum absolute atomic E-state index is 12.5. The number of alkyl halides is 1. The number of carbonyl (C=O) groups is 1. The van der Waals surface area contributed by atoms with E-state index in [4.69, 9.17) is 4.74 Å². The number of pyridine rings is 1. The fraction of sp³-hybridized carbons (Fsp3) is 0.143. The van der Waals surface area contributed by atoms with Crippen molar-refractivity contribution in [3.05, 3.63) is 65.5 Å². The van der Waals surface area contributed by atoms with Gasteiger partial charge in [-0.25, -0.2) is 14.2 Å². The predicted octanol–water partition coefficient (Wildman–Crippen LogP) is 2.91. The number of esters is 1. The van der Waals surface area contributed by atoms with Crippen LogP contribution in [0.15, 0.2) is 48.7 Å². The highest BCUT2D eigenvalue weighted by Crippen LogP contribution is 2.09. The van der Waals surface area contributed by atoms with Crippen molar-refractivity contribution in [1.82, 2.24) is 4.98 Å². The topological polar surface area (TPSA) is 39.2 Å². The third kappa shape index (κ3) is 3.13. The zero-order chi connectivity index (χ0) is 12.8. The van der Waals surface area contributed by atoms with Gasteiger partial charge in [-0.1, -0.05) is 24.3 Å². The lowest BCUT2D eigenvalue weighted by molar-refractivity contribution is 0.0465. The molecule has 2 rings (SSSR count). The molecular weight excluding hydrogens is 233 g/mol. The van der Waals surface area contributed by atoms with Crippen molar-refractivity contribution >= 4 is 5.97 Å². The number of carbonyl (C=O) groups excluding carboxylic acids is 1. The van der Waals surface area contributed by atoms with Crippen molar-refractivity contribution in [1.29, 1.82) is 0 Å². The second-order valence-electron chi connectivity index (χ2n) is 3.74. The molecule has 92 valence electrons. The van der Waals surface area contributed by atoms with Gasteiger partial charge in [0.05, 0.1) is 0 Å². The maximum Gasteiger partial charge on any atom is 0.357 e. The van der Waals surface area contributed by atoms with E-state index in [0.717, 1.165) is 5.56 Å². The first-order chi connectivity index (χ1) is 8.79. The summed E-state index contributed by atoms with van der Waals surface area (Å²) < 4.78 is 17.5. The Hall–Kier alpha value is -2.23. The highest BCUT2D eigenvalue weighted by Gasteiger charge is 2.07. The number of rotatable bonds is 4. The van der Waals surface area contributed by atoms with Crippen molar-refractivity contribution in [3.63, 3.8) is 0 Å². The first-order valence-electron chi connectivity index (χ1n) is 5.51. The van der Waals surface area contributed by atoms with Gasteiger partial charge in [0.15, 0.2) is 0 Å². The number of aromatic nitrogens is 1. The lowest BCUT2D eigenvalue weighted by Crippen LogP contribution is -2.07. The summed E-state index contributed by atoms with van der Waals surface area (Å²) >= 11 is 0. The van der Waals surface area contributed by atoms with Crippen molar-refractivity contribution in [2.75, 3.05) is 0 Å². The summed E-state index contributed by atoms with van der Waals surface area (Å²) in [6.45, 7) is -0.411. The van der Waals surface area contributed by atoms with Crippen LogP contribution in [0.4, 0.5) is 4.39 Å². The molecule has 0 amide bonds. The van der Waals surface area contributed by atoms with Crippen LogP contribution in [0.5, 0.6) is 0 Å². The summed E-state index contributed by atoms with van der Waals surface area (Å²) in [5, 5.41) is 0. The molecule has 1 aromatic heterocycles. The maximum atomic E-state index is 12.5. The highest BCUT2D eigenvalue weighted by atomic mass is 19.1. The Morgan fingerprint density at radius 2 is 2.00 bits per heavy atom. The highest BCUT2D eigenvalue weighted by molar-refractivity contribution is 5.87. The SMILES string of the molecule is O=C(OCc1cccc(CF)c1)c1ccccn1. The number of hydrogen-bond donors (Lipinski definition) is 0. The van der Waals surface area contributed by atoms with Gasteiger partial charge in [-0.15, -0.1) is 0 Å². The zero-order valence-electron chi connectivity index (χ0n) is 9.67. The number of benzene rings is 1. The molecule has 18 heavy (non-hydrogen) atoms. The Bertz CT molecular complexity index is 528. The Morgan fingerprint density at radius 1 is 1.17 bits per heavy atom. The first-order valence-corrected chi connectivity index (χ1v) is 5.51. The molecule has 0 aliphatic rings. The third-order valence-corrected chi connectivity index (χ3v) is 2.39. The summed E-state index contributed by atoms with van der Waals surface area (Å²) in [4.78, 5) is 15.5. The standard InChI is InChI=1S/C14H12FNO2/c15-9-11-4-3-5-12(8-11)10-18-14(17)13-6-1-2-7-16-13/h1-8H,9-10H2. The van der Waals surface area contributed by atoms with Crippen LogP contribution in [0.25, 0.3) is 0 Å². The van der Waals surface area contributed by atoms with E-state index >= 15 is 0 Å². The molecule has 0 fully saturated rings. The molecule has 2 aromatic rings. The largest absolute Gasteiger partial charge is 0.456 e. The molecule has 0 unspecified atom stereocenters. The van der Waals surface area contributed by atoms with Crippen LogP contribution in [-0.2, 0) is 18.0 Å². The summed E-state index contributed by atoms with van der Waals surface area (Å²) in [6.07, 6.45) is 1.53. The second-order valence-corrected chi connectivity index (χ2v) is 3.74. The van der Waals surface area contributed by atoms with Gasteiger partial charge in [-0.05, 0) is 29.3 Å². The number of halogens is 1. The van der Waals surface area contributed by atoms with Crippen LogP contribution in [0, 0.1) is 0 Å². The fourth-order valence-electron chi connectivity index (χ4n) is 1.51. The molecule has 0 saturated carbocycles. The van der Waals surface area contributed by atoms with Gasteiger partial charge in [0.1, 0.15) is 19.0 Å². The van der Waals surface area contributed by atoms with E-state index in [0.29, 0.717) is 5.56 Å². The molecule has 0 aliphatic heterocycles. The Kier molecular flexibility index (Phi) is 4.02. The van der Waals surface area contributed by atoms with Gasteiger partial charge in [0.25, 0.3) is 0 Å². The van der Waals surface area contributed by atoms with E-state index in [1.54, 1.807) is 42.5 Å². The molecule has 0 N–H and O–H groups in total. The molecule has 0 atom stereocenters. The van der Waals surface area contributed by atoms with Crippen LogP contribution in [-0.4, -0.2) is 11.0 Å². The summed E-state index contributed by atoms with van der Waals surface area (Å²) in [7, 11) is 0. The zero-order valence-corrected chi connectivity index (χ0v) is 9.67. The van der Waals surface area contributed by atoms with E-state index < -0.39 is 12.6 Å². The van der Waals surface area contributed by atoms with E-state index in [-0.39, 0.29) is 12.3 Å². The van der Waals surface area contributed by atoms with Gasteiger partial charge in [0, 0.05) is 6.20 Å². The van der Waals surface area contributed by atoms with Crippen LogP contribution in [0.3, 0.4) is 0 Å². The molecule has 0 spiro atoms. The van der Waals surface area contributed by atoms with Crippen molar-refractivity contribution in [3.8, 4) is 0 Å². The average molecular weight is 245 g/mol. The smallest absolute Gasteiger partial charge is 0.357 e. The second kappa shape index (κ2) is 5.91. The molecule has 0 bridgehead atoms. The van der Waals surface area contributed by atoms with E-state index in [2.05, 4.69) is 4.98 Å². The van der Waals surface area contributed by atoms with Crippen LogP contribution in [0.1, 0.15) is 21.6 Å². The fourth-order valence-corrected chi connectivity index (χ4v) is 1.51. The minimum absolute atomic E-state index is 0.114. The monoisotopic (exact) mass is 245 g/mol. The number of ether oxygens (including phenoxy) is 1. The van der Waals surface area contributed by atoms with Gasteiger partial charge in [-0.3, -0.25) is 0 Å². The minimum atomic E-state index is -0.526. The summed E-state index contributed by atoms with van der Waals surface area (Å²) in [5.41, 5.74) is 1.59. The molecule has 1 heterocycles. The third-order valence-electron chi connectivity index (χ3n) is 2.39. The first kappa shape index (κ1) is 12.2. The van der Waals surface area contributed by atoms with Crippen LogP contribution in [0.2, 0.25) is 0 Å². The lowest BCUT2D eigenvalue weighted by atomic mass is 10.1. The molecular formula is C14H12FNO2. The Morgan fingerprint density at radius 3 is 2.72 bits per heavy atom. The van der Waals surface area contributed by atoms with Gasteiger partial charge in [0.2, 0.25) is 0 Å². The summed E-state index contributed by atoms with van der Waals surface area (Å²) in [5.74, 6) is -0.485. The van der Waals surface area contributed by atoms with Crippen LogP contribution >= 0.6 is 0 Å². The van der Waals surface area contributed by atoms with Gasteiger partial charge < -0.3 is 4.74 Å². The lowest BCUT2D eigenvalue weighted by Gasteiger charge is -2.05. The number of hydrogen-bond acceptors (Lipinski definition) is 3. The molecule has 3 nitrogen and oxygen atoms in total. The average Bonchev–Trinajstić information content (AvgIpc) is 2.46. The van der Waals surface area contributed by atoms with Gasteiger partial charge in [-0.2, -0.15) is 0 Å². The molecule has 0 radical (unpaired) electrons. The van der Waals surface area contributed by atoms with Crippen molar-refractivity contribution < 1.29 is 13.9 Å².